The molecule has 1 aromatic heterocycles. The number of hydrogen-bond acceptors (Lipinski definition) is 5. The number of carbonyl (C=O) groups excluding carboxylic acids is 2. The number of aryl methyl sites for hydroxylation is 1. The van der Waals surface area contributed by atoms with Gasteiger partial charge in [0, 0.05) is 16.5 Å². The summed E-state index contributed by atoms with van der Waals surface area (Å²) in [6.07, 6.45) is 2.97. The lowest BCUT2D eigenvalue weighted by atomic mass is 10.1. The van der Waals surface area contributed by atoms with Crippen LogP contribution >= 0.6 is 11.3 Å². The first-order valence-electron chi connectivity index (χ1n) is 8.77. The van der Waals surface area contributed by atoms with Gasteiger partial charge in [-0.3, -0.25) is 14.9 Å². The van der Waals surface area contributed by atoms with Gasteiger partial charge in [-0.1, -0.05) is 12.1 Å². The average molecular weight is 409 g/mol. The Morgan fingerprint density at radius 1 is 1.28 bits per heavy atom. The summed E-state index contributed by atoms with van der Waals surface area (Å²) in [5.74, 6) is -0.252. The number of benzene rings is 2. The first kappa shape index (κ1) is 18.8. The number of amides is 2. The molecule has 0 unspecified atom stereocenters. The first-order valence-corrected chi connectivity index (χ1v) is 9.59. The van der Waals surface area contributed by atoms with Gasteiger partial charge in [0.25, 0.3) is 5.91 Å². The maximum Gasteiger partial charge on any atom is 0.262 e. The maximum absolute atomic E-state index is 12.9. The molecule has 0 spiro atoms. The topological polar surface area (TPSA) is 80.3 Å². The van der Waals surface area contributed by atoms with Crippen LogP contribution in [0.3, 0.4) is 0 Å². The number of aromatic nitrogens is 1. The molecule has 0 saturated heterocycles. The summed E-state index contributed by atoms with van der Waals surface area (Å²) in [5.41, 5.74) is 2.84. The monoisotopic (exact) mass is 409 g/mol. The van der Waals surface area contributed by atoms with Gasteiger partial charge in [-0.25, -0.2) is 9.37 Å². The van der Waals surface area contributed by atoms with E-state index in [2.05, 4.69) is 15.6 Å². The third kappa shape index (κ3) is 4.33. The van der Waals surface area contributed by atoms with Crippen LogP contribution in [0.2, 0.25) is 0 Å². The van der Waals surface area contributed by atoms with Gasteiger partial charge >= 0.3 is 0 Å². The van der Waals surface area contributed by atoms with Crippen molar-refractivity contribution in [1.82, 2.24) is 4.98 Å². The largest absolute Gasteiger partial charge is 0.482 e. The lowest BCUT2D eigenvalue weighted by molar-refractivity contribution is -0.118. The number of fused-ring (bicyclic) bond motifs is 1. The summed E-state index contributed by atoms with van der Waals surface area (Å²) in [4.78, 5) is 29.1. The predicted octanol–water partition coefficient (Wildman–Crippen LogP) is 4.24. The van der Waals surface area contributed by atoms with Gasteiger partial charge in [-0.2, -0.15) is 0 Å². The van der Waals surface area contributed by atoms with E-state index in [-0.39, 0.29) is 24.2 Å². The van der Waals surface area contributed by atoms with Crippen LogP contribution in [0, 0.1) is 12.7 Å². The van der Waals surface area contributed by atoms with E-state index in [9.17, 15) is 14.0 Å². The van der Waals surface area contributed by atoms with Crippen molar-refractivity contribution in [2.45, 2.75) is 6.92 Å². The molecule has 29 heavy (non-hydrogen) atoms. The van der Waals surface area contributed by atoms with Crippen molar-refractivity contribution in [3.63, 3.8) is 0 Å². The van der Waals surface area contributed by atoms with E-state index in [1.54, 1.807) is 30.3 Å². The lowest BCUT2D eigenvalue weighted by Gasteiger charge is -2.18. The minimum Gasteiger partial charge on any atom is -0.482 e. The Morgan fingerprint density at radius 2 is 2.07 bits per heavy atom. The zero-order valence-corrected chi connectivity index (χ0v) is 16.2. The SMILES string of the molecule is Cc1sc(NC(=O)/C=C/c2ccc(F)cc2)nc1-c1ccc2c(c1)NC(=O)CO2. The third-order valence-electron chi connectivity index (χ3n) is 4.21. The highest BCUT2D eigenvalue weighted by Gasteiger charge is 2.18. The fraction of sp³-hybridized carbons (Fsp3) is 0.0952. The Labute approximate surface area is 170 Å². The predicted molar refractivity (Wildman–Crippen MR) is 110 cm³/mol. The second kappa shape index (κ2) is 7.84. The van der Waals surface area contributed by atoms with Crippen LogP contribution in [0.15, 0.2) is 48.5 Å². The van der Waals surface area contributed by atoms with Crippen molar-refractivity contribution >= 4 is 40.0 Å². The van der Waals surface area contributed by atoms with Crippen LogP contribution < -0.4 is 15.4 Å². The molecule has 3 aromatic rings. The van der Waals surface area contributed by atoms with Crippen molar-refractivity contribution in [2.75, 3.05) is 17.2 Å². The third-order valence-corrected chi connectivity index (χ3v) is 5.10. The van der Waals surface area contributed by atoms with E-state index in [0.717, 1.165) is 21.7 Å². The molecule has 1 aliphatic rings. The number of thiazole rings is 1. The van der Waals surface area contributed by atoms with Gasteiger partial charge in [-0.15, -0.1) is 11.3 Å². The Balaban J connectivity index is 1.49. The highest BCUT2D eigenvalue weighted by atomic mass is 32.1. The van der Waals surface area contributed by atoms with Gasteiger partial charge in [0.15, 0.2) is 11.7 Å². The Hall–Kier alpha value is -3.52. The minimum absolute atomic E-state index is 0.00367. The van der Waals surface area contributed by atoms with E-state index in [1.807, 2.05) is 13.0 Å². The number of ether oxygens (including phenoxy) is 1. The summed E-state index contributed by atoms with van der Waals surface area (Å²) in [6, 6.07) is 11.3. The molecule has 6 nitrogen and oxygen atoms in total. The second-order valence-electron chi connectivity index (χ2n) is 6.35. The normalized spacial score (nSPS) is 13.0. The zero-order chi connectivity index (χ0) is 20.4. The fourth-order valence-electron chi connectivity index (χ4n) is 2.84. The van der Waals surface area contributed by atoms with Crippen molar-refractivity contribution in [2.24, 2.45) is 0 Å². The van der Waals surface area contributed by atoms with Gasteiger partial charge in [0.2, 0.25) is 5.91 Å². The quantitative estimate of drug-likeness (QED) is 0.632. The highest BCUT2D eigenvalue weighted by molar-refractivity contribution is 7.16. The van der Waals surface area contributed by atoms with Crippen LogP contribution in [0.1, 0.15) is 10.4 Å². The minimum atomic E-state index is -0.333. The molecule has 2 amide bonds. The number of carbonyl (C=O) groups is 2. The van der Waals surface area contributed by atoms with Gasteiger partial charge < -0.3 is 10.1 Å². The molecule has 0 radical (unpaired) electrons. The van der Waals surface area contributed by atoms with E-state index >= 15 is 0 Å². The first-order chi connectivity index (χ1) is 14.0. The molecule has 0 saturated carbocycles. The molecule has 8 heteroatoms. The molecular formula is C21H16FN3O3S. The Bertz CT molecular complexity index is 1120. The molecule has 2 heterocycles. The molecule has 0 aliphatic carbocycles. The second-order valence-corrected chi connectivity index (χ2v) is 7.55. The van der Waals surface area contributed by atoms with E-state index in [4.69, 9.17) is 4.74 Å². The van der Waals surface area contributed by atoms with Gasteiger partial charge in [0.1, 0.15) is 11.6 Å². The smallest absolute Gasteiger partial charge is 0.262 e. The van der Waals surface area contributed by atoms with Crippen LogP contribution in [0.25, 0.3) is 17.3 Å². The van der Waals surface area contributed by atoms with Gasteiger partial charge in [-0.05, 0) is 48.9 Å². The summed E-state index contributed by atoms with van der Waals surface area (Å²) in [7, 11) is 0. The molecule has 0 atom stereocenters. The summed E-state index contributed by atoms with van der Waals surface area (Å²) in [5, 5.41) is 5.97. The van der Waals surface area contributed by atoms with Crippen LogP contribution in [-0.2, 0) is 9.59 Å². The van der Waals surface area contributed by atoms with Crippen molar-refractivity contribution in [3.05, 3.63) is 64.8 Å². The zero-order valence-electron chi connectivity index (χ0n) is 15.4. The van der Waals surface area contributed by atoms with Gasteiger partial charge in [0.05, 0.1) is 11.4 Å². The van der Waals surface area contributed by atoms with E-state index in [1.165, 1.54) is 29.5 Å². The molecule has 0 fully saturated rings. The number of rotatable bonds is 4. The molecule has 0 bridgehead atoms. The molecular weight excluding hydrogens is 393 g/mol. The Morgan fingerprint density at radius 3 is 2.86 bits per heavy atom. The number of nitrogens with zero attached hydrogens (tertiary/aromatic N) is 1. The molecule has 146 valence electrons. The standard InChI is InChI=1S/C21H16FN3O3S/c1-12-20(14-5-8-17-16(10-14)23-19(27)11-28-17)25-21(29-12)24-18(26)9-4-13-2-6-15(22)7-3-13/h2-10H,11H2,1H3,(H,23,27)(H,24,25,26)/b9-4+. The van der Waals surface area contributed by atoms with Crippen LogP contribution in [0.4, 0.5) is 15.2 Å². The summed E-state index contributed by atoms with van der Waals surface area (Å²) < 4.78 is 18.3. The Kier molecular flexibility index (Phi) is 5.09. The summed E-state index contributed by atoms with van der Waals surface area (Å²) in [6.45, 7) is 1.91. The number of nitrogens with one attached hydrogen (secondary N) is 2. The fourth-order valence-corrected chi connectivity index (χ4v) is 3.68. The number of halogens is 1. The number of anilines is 2. The van der Waals surface area contributed by atoms with Crippen LogP contribution in [-0.4, -0.2) is 23.4 Å². The van der Waals surface area contributed by atoms with Crippen molar-refractivity contribution in [1.29, 1.82) is 0 Å². The molecule has 4 rings (SSSR count). The van der Waals surface area contributed by atoms with E-state index < -0.39 is 0 Å². The number of hydrogen-bond donors (Lipinski definition) is 2. The highest BCUT2D eigenvalue weighted by Crippen LogP contribution is 2.36. The van der Waals surface area contributed by atoms with Crippen molar-refractivity contribution in [3.8, 4) is 17.0 Å². The van der Waals surface area contributed by atoms with Crippen LogP contribution in [0.5, 0.6) is 5.75 Å². The lowest BCUT2D eigenvalue weighted by Crippen LogP contribution is -2.25. The van der Waals surface area contributed by atoms with E-state index in [0.29, 0.717) is 16.6 Å². The summed E-state index contributed by atoms with van der Waals surface area (Å²) >= 11 is 1.35. The molecule has 2 N–H and O–H groups in total. The van der Waals surface area contributed by atoms with Crippen molar-refractivity contribution < 1.29 is 18.7 Å². The average Bonchev–Trinajstić information content (AvgIpc) is 3.07. The maximum atomic E-state index is 12.9. The molecule has 1 aliphatic heterocycles. The molecule has 2 aromatic carbocycles.